The normalized spacial score (nSPS) is 12.8. The van der Waals surface area contributed by atoms with Crippen molar-refractivity contribution in [3.05, 3.63) is 41.2 Å². The van der Waals surface area contributed by atoms with Crippen LogP contribution in [0, 0.1) is 0 Å². The van der Waals surface area contributed by atoms with Gasteiger partial charge in [-0.25, -0.2) is 9.67 Å². The molecule has 0 bridgehead atoms. The second kappa shape index (κ2) is 6.81. The van der Waals surface area contributed by atoms with Crippen LogP contribution in [-0.4, -0.2) is 26.3 Å². The molecule has 2 heterocycles. The molecule has 0 radical (unpaired) electrons. The van der Waals surface area contributed by atoms with E-state index in [4.69, 9.17) is 11.6 Å². The van der Waals surface area contributed by atoms with Gasteiger partial charge in [-0.3, -0.25) is 4.98 Å². The maximum atomic E-state index is 6.25. The molecule has 0 saturated heterocycles. The maximum Gasteiger partial charge on any atom is 0.138 e. The first-order valence-electron chi connectivity index (χ1n) is 6.84. The van der Waals surface area contributed by atoms with Crippen LogP contribution in [-0.2, 0) is 6.42 Å². The van der Waals surface area contributed by atoms with Crippen LogP contribution in [0.2, 0.25) is 5.02 Å². The van der Waals surface area contributed by atoms with E-state index in [0.717, 1.165) is 24.4 Å². The summed E-state index contributed by atoms with van der Waals surface area (Å²) in [5, 5.41) is 8.40. The second-order valence-electron chi connectivity index (χ2n) is 4.93. The summed E-state index contributed by atoms with van der Waals surface area (Å²) in [7, 11) is 0. The summed E-state index contributed by atoms with van der Waals surface area (Å²) in [5.74, 6) is 0.957. The molecule has 108 valence electrons. The molecule has 6 heteroatoms. The first-order valence-corrected chi connectivity index (χ1v) is 7.22. The van der Waals surface area contributed by atoms with Gasteiger partial charge in [-0.2, -0.15) is 5.10 Å². The largest absolute Gasteiger partial charge is 0.310 e. The summed E-state index contributed by atoms with van der Waals surface area (Å²) >= 11 is 6.25. The van der Waals surface area contributed by atoms with E-state index in [9.17, 15) is 0 Å². The van der Waals surface area contributed by atoms with Gasteiger partial charge in [0.15, 0.2) is 0 Å². The number of hydrogen-bond donors (Lipinski definition) is 1. The van der Waals surface area contributed by atoms with Crippen LogP contribution < -0.4 is 5.32 Å². The van der Waals surface area contributed by atoms with E-state index in [2.05, 4.69) is 41.2 Å². The molecule has 0 amide bonds. The zero-order chi connectivity index (χ0) is 14.5. The number of likely N-dealkylation sites (N-methyl/N-ethyl adjacent to an activating group) is 1. The predicted octanol–water partition coefficient (Wildman–Crippen LogP) is 2.80. The molecule has 0 saturated carbocycles. The van der Waals surface area contributed by atoms with E-state index in [0.29, 0.717) is 11.1 Å². The molecule has 0 aliphatic heterocycles. The van der Waals surface area contributed by atoms with E-state index in [1.807, 2.05) is 10.7 Å². The molecule has 0 aliphatic rings. The summed E-state index contributed by atoms with van der Waals surface area (Å²) in [6.07, 6.45) is 5.79. The van der Waals surface area contributed by atoms with Crippen LogP contribution in [0.1, 0.15) is 44.2 Å². The molecule has 0 spiro atoms. The van der Waals surface area contributed by atoms with Crippen LogP contribution in [0.4, 0.5) is 0 Å². The molecule has 0 fully saturated rings. The predicted molar refractivity (Wildman–Crippen MR) is 79.8 cm³/mol. The average Bonchev–Trinajstić information content (AvgIpc) is 2.87. The Labute approximate surface area is 124 Å². The lowest BCUT2D eigenvalue weighted by molar-refractivity contribution is 0.468. The Kier molecular flexibility index (Phi) is 5.09. The van der Waals surface area contributed by atoms with Gasteiger partial charge in [0.25, 0.3) is 0 Å². The molecule has 5 nitrogen and oxygen atoms in total. The van der Waals surface area contributed by atoms with Crippen molar-refractivity contribution in [2.75, 3.05) is 6.54 Å². The lowest BCUT2D eigenvalue weighted by atomic mass is 10.0. The molecular formula is C14H20ClN5. The van der Waals surface area contributed by atoms with Crippen molar-refractivity contribution in [3.8, 4) is 0 Å². The van der Waals surface area contributed by atoms with Crippen molar-refractivity contribution in [3.63, 3.8) is 0 Å². The van der Waals surface area contributed by atoms with Gasteiger partial charge >= 0.3 is 0 Å². The van der Waals surface area contributed by atoms with Gasteiger partial charge in [-0.15, -0.1) is 0 Å². The molecule has 0 aliphatic carbocycles. The minimum Gasteiger partial charge on any atom is -0.310 e. The fraction of sp³-hybridized carbons (Fsp3) is 0.500. The SMILES string of the molecule is CCNC(Cc1ncnn1C(C)C)c1ccncc1Cl. The van der Waals surface area contributed by atoms with Crippen LogP contribution in [0.3, 0.4) is 0 Å². The van der Waals surface area contributed by atoms with E-state index in [-0.39, 0.29) is 6.04 Å². The van der Waals surface area contributed by atoms with Crippen molar-refractivity contribution < 1.29 is 0 Å². The minimum absolute atomic E-state index is 0.109. The Balaban J connectivity index is 2.26. The van der Waals surface area contributed by atoms with Crippen molar-refractivity contribution in [1.82, 2.24) is 25.1 Å². The van der Waals surface area contributed by atoms with Gasteiger partial charge in [0.05, 0.1) is 5.02 Å². The zero-order valence-electron chi connectivity index (χ0n) is 12.0. The van der Waals surface area contributed by atoms with Crippen LogP contribution >= 0.6 is 11.6 Å². The van der Waals surface area contributed by atoms with Gasteiger partial charge < -0.3 is 5.32 Å². The van der Waals surface area contributed by atoms with Crippen molar-refractivity contribution in [1.29, 1.82) is 0 Å². The number of rotatable bonds is 6. The molecule has 20 heavy (non-hydrogen) atoms. The lowest BCUT2D eigenvalue weighted by Crippen LogP contribution is -2.25. The summed E-state index contributed by atoms with van der Waals surface area (Å²) in [6, 6.07) is 2.35. The third-order valence-electron chi connectivity index (χ3n) is 3.15. The Morgan fingerprint density at radius 2 is 2.20 bits per heavy atom. The van der Waals surface area contributed by atoms with Crippen molar-refractivity contribution >= 4 is 11.6 Å². The summed E-state index contributed by atoms with van der Waals surface area (Å²) < 4.78 is 1.94. The highest BCUT2D eigenvalue weighted by atomic mass is 35.5. The van der Waals surface area contributed by atoms with Gasteiger partial charge in [0.1, 0.15) is 12.2 Å². The zero-order valence-corrected chi connectivity index (χ0v) is 12.8. The fourth-order valence-electron chi connectivity index (χ4n) is 2.24. The fourth-order valence-corrected chi connectivity index (χ4v) is 2.49. The summed E-state index contributed by atoms with van der Waals surface area (Å²) in [6.45, 7) is 7.13. The first-order chi connectivity index (χ1) is 9.63. The van der Waals surface area contributed by atoms with Gasteiger partial charge in [0, 0.05) is 30.9 Å². The highest BCUT2D eigenvalue weighted by Gasteiger charge is 2.18. The van der Waals surface area contributed by atoms with E-state index >= 15 is 0 Å². The number of nitrogens with zero attached hydrogens (tertiary/aromatic N) is 4. The highest BCUT2D eigenvalue weighted by Crippen LogP contribution is 2.24. The Bertz CT molecular complexity index is 552. The molecule has 1 N–H and O–H groups in total. The van der Waals surface area contributed by atoms with E-state index in [1.165, 1.54) is 0 Å². The molecule has 0 aromatic carbocycles. The average molecular weight is 294 g/mol. The standard InChI is InChI=1S/C14H20ClN5/c1-4-17-13(11-5-6-16-8-12(11)15)7-14-18-9-19-20(14)10(2)3/h5-6,8-10,13,17H,4,7H2,1-3H3. The Morgan fingerprint density at radius 1 is 1.40 bits per heavy atom. The molecule has 1 unspecified atom stereocenters. The first kappa shape index (κ1) is 14.9. The smallest absolute Gasteiger partial charge is 0.138 e. The van der Waals surface area contributed by atoms with Gasteiger partial charge in [-0.1, -0.05) is 18.5 Å². The summed E-state index contributed by atoms with van der Waals surface area (Å²) in [5.41, 5.74) is 1.04. The van der Waals surface area contributed by atoms with Gasteiger partial charge in [-0.05, 0) is 32.0 Å². The van der Waals surface area contributed by atoms with Crippen LogP contribution in [0.5, 0.6) is 0 Å². The quantitative estimate of drug-likeness (QED) is 0.890. The monoisotopic (exact) mass is 293 g/mol. The highest BCUT2D eigenvalue weighted by molar-refractivity contribution is 6.31. The van der Waals surface area contributed by atoms with E-state index < -0.39 is 0 Å². The second-order valence-corrected chi connectivity index (χ2v) is 5.33. The molecular weight excluding hydrogens is 274 g/mol. The number of hydrogen-bond acceptors (Lipinski definition) is 4. The number of halogens is 1. The third-order valence-corrected chi connectivity index (χ3v) is 3.47. The van der Waals surface area contributed by atoms with Crippen molar-refractivity contribution in [2.45, 2.75) is 39.3 Å². The topological polar surface area (TPSA) is 55.6 Å². The third kappa shape index (κ3) is 3.35. The lowest BCUT2D eigenvalue weighted by Gasteiger charge is -2.20. The van der Waals surface area contributed by atoms with Crippen LogP contribution in [0.25, 0.3) is 0 Å². The summed E-state index contributed by atoms with van der Waals surface area (Å²) in [4.78, 5) is 8.41. The molecule has 2 aromatic heterocycles. The van der Waals surface area contributed by atoms with Crippen LogP contribution in [0.15, 0.2) is 24.8 Å². The van der Waals surface area contributed by atoms with E-state index in [1.54, 1.807) is 18.7 Å². The number of aromatic nitrogens is 4. The minimum atomic E-state index is 0.109. The Hall–Kier alpha value is -1.46. The number of pyridine rings is 1. The Morgan fingerprint density at radius 3 is 2.85 bits per heavy atom. The molecule has 2 rings (SSSR count). The maximum absolute atomic E-state index is 6.25. The molecule has 2 aromatic rings. The van der Waals surface area contributed by atoms with Crippen molar-refractivity contribution in [2.24, 2.45) is 0 Å². The number of nitrogens with one attached hydrogen (secondary N) is 1. The van der Waals surface area contributed by atoms with Gasteiger partial charge in [0.2, 0.25) is 0 Å². The molecule has 1 atom stereocenters.